The molecule has 0 radical (unpaired) electrons. The lowest BCUT2D eigenvalue weighted by Crippen LogP contribution is -2.27. The number of rotatable bonds is 3. The van der Waals surface area contributed by atoms with Gasteiger partial charge in [-0.05, 0) is 25.5 Å². The molecule has 0 unspecified atom stereocenters. The van der Waals surface area contributed by atoms with Gasteiger partial charge in [0.15, 0.2) is 0 Å². The van der Waals surface area contributed by atoms with Crippen LogP contribution in [0.1, 0.15) is 23.2 Å². The lowest BCUT2D eigenvalue weighted by molar-refractivity contribution is 0.316. The molecule has 0 bridgehead atoms. The van der Waals surface area contributed by atoms with Crippen LogP contribution in [0.25, 0.3) is 0 Å². The number of aryl methyl sites for hydroxylation is 2. The number of nitrogens with two attached hydrogens (primary N) is 1. The molecule has 3 N–H and O–H groups in total. The van der Waals surface area contributed by atoms with Crippen molar-refractivity contribution in [3.63, 3.8) is 0 Å². The minimum Gasteiger partial charge on any atom is -0.409 e. The van der Waals surface area contributed by atoms with E-state index in [1.165, 1.54) is 4.57 Å². The molecule has 90 valence electrons. The van der Waals surface area contributed by atoms with E-state index >= 15 is 0 Å². The predicted octanol–water partition coefficient (Wildman–Crippen LogP) is 0.473. The first-order chi connectivity index (χ1) is 8.01. The van der Waals surface area contributed by atoms with Crippen LogP contribution in [0.5, 0.6) is 0 Å². The van der Waals surface area contributed by atoms with E-state index in [2.05, 4.69) is 5.16 Å². The highest BCUT2D eigenvalue weighted by Crippen LogP contribution is 2.05. The fraction of sp³-hybridized carbons (Fsp3) is 0.364. The second kappa shape index (κ2) is 5.16. The molecule has 17 heavy (non-hydrogen) atoms. The zero-order valence-corrected chi connectivity index (χ0v) is 9.77. The van der Waals surface area contributed by atoms with Crippen molar-refractivity contribution in [3.05, 3.63) is 33.2 Å². The zero-order chi connectivity index (χ0) is 13.0. The topological polar surface area (TPSA) is 104 Å². The summed E-state index contributed by atoms with van der Waals surface area (Å²) in [5, 5.41) is 20.1. The van der Waals surface area contributed by atoms with Gasteiger partial charge in [-0.3, -0.25) is 4.79 Å². The van der Waals surface area contributed by atoms with E-state index in [1.807, 2.05) is 6.07 Å². The van der Waals surface area contributed by atoms with Crippen molar-refractivity contribution in [1.29, 1.82) is 5.26 Å². The van der Waals surface area contributed by atoms with Crippen molar-refractivity contribution in [3.8, 4) is 6.07 Å². The van der Waals surface area contributed by atoms with Crippen LogP contribution in [0.4, 0.5) is 0 Å². The van der Waals surface area contributed by atoms with E-state index in [1.54, 1.807) is 19.9 Å². The molecule has 0 saturated heterocycles. The monoisotopic (exact) mass is 234 g/mol. The van der Waals surface area contributed by atoms with E-state index in [-0.39, 0.29) is 29.9 Å². The molecule has 1 aromatic heterocycles. The molecule has 0 fully saturated rings. The Labute approximate surface area is 98.6 Å². The van der Waals surface area contributed by atoms with Crippen LogP contribution in [0.3, 0.4) is 0 Å². The Morgan fingerprint density at radius 3 is 2.82 bits per heavy atom. The second-order valence-electron chi connectivity index (χ2n) is 3.75. The van der Waals surface area contributed by atoms with Crippen LogP contribution >= 0.6 is 0 Å². The third kappa shape index (κ3) is 2.64. The Bertz CT molecular complexity index is 552. The van der Waals surface area contributed by atoms with Crippen LogP contribution in [0.15, 0.2) is 16.0 Å². The molecular weight excluding hydrogens is 220 g/mol. The van der Waals surface area contributed by atoms with Crippen LogP contribution in [-0.2, 0) is 6.54 Å². The third-order valence-corrected chi connectivity index (χ3v) is 2.54. The first-order valence-electron chi connectivity index (χ1n) is 5.08. The van der Waals surface area contributed by atoms with Gasteiger partial charge in [-0.2, -0.15) is 5.26 Å². The molecule has 0 aliphatic rings. The van der Waals surface area contributed by atoms with Gasteiger partial charge < -0.3 is 15.5 Å². The van der Waals surface area contributed by atoms with E-state index < -0.39 is 0 Å². The number of nitrogens with zero attached hydrogens (tertiary/aromatic N) is 3. The van der Waals surface area contributed by atoms with Crippen LogP contribution < -0.4 is 11.3 Å². The molecule has 0 aromatic carbocycles. The quantitative estimate of drug-likeness (QED) is 0.343. The molecule has 6 heteroatoms. The van der Waals surface area contributed by atoms with Crippen molar-refractivity contribution in [2.75, 3.05) is 0 Å². The van der Waals surface area contributed by atoms with Gasteiger partial charge in [0.25, 0.3) is 5.56 Å². The number of amidine groups is 1. The Morgan fingerprint density at radius 1 is 1.65 bits per heavy atom. The predicted molar refractivity (Wildman–Crippen MR) is 62.9 cm³/mol. The summed E-state index contributed by atoms with van der Waals surface area (Å²) in [5.74, 6) is 0.0513. The highest BCUT2D eigenvalue weighted by atomic mass is 16.4. The standard InChI is InChI=1S/C11H14N4O2/c1-7-5-8(2)15(4-3-10(13)14-17)11(16)9(7)6-12/h5,17H,3-4H2,1-2H3,(H2,13,14). The molecular formula is C11H14N4O2. The summed E-state index contributed by atoms with van der Waals surface area (Å²) < 4.78 is 1.45. The van der Waals surface area contributed by atoms with Gasteiger partial charge in [0, 0.05) is 18.7 Å². The lowest BCUT2D eigenvalue weighted by atomic mass is 10.1. The first-order valence-corrected chi connectivity index (χ1v) is 5.08. The number of hydrogen-bond donors (Lipinski definition) is 2. The molecule has 0 aliphatic heterocycles. The van der Waals surface area contributed by atoms with E-state index in [9.17, 15) is 4.79 Å². The summed E-state index contributed by atoms with van der Waals surface area (Å²) in [7, 11) is 0. The van der Waals surface area contributed by atoms with Crippen molar-refractivity contribution < 1.29 is 5.21 Å². The minimum atomic E-state index is -0.337. The number of hydrogen-bond acceptors (Lipinski definition) is 4. The molecule has 0 saturated carbocycles. The summed E-state index contributed by atoms with van der Waals surface area (Å²) in [6, 6.07) is 3.66. The third-order valence-electron chi connectivity index (χ3n) is 2.54. The van der Waals surface area contributed by atoms with Crippen molar-refractivity contribution in [2.45, 2.75) is 26.8 Å². The van der Waals surface area contributed by atoms with Gasteiger partial charge in [-0.25, -0.2) is 0 Å². The molecule has 1 rings (SSSR count). The van der Waals surface area contributed by atoms with Gasteiger partial charge in [0.1, 0.15) is 17.5 Å². The Morgan fingerprint density at radius 2 is 2.29 bits per heavy atom. The summed E-state index contributed by atoms with van der Waals surface area (Å²) >= 11 is 0. The zero-order valence-electron chi connectivity index (χ0n) is 9.77. The second-order valence-corrected chi connectivity index (χ2v) is 3.75. The maximum Gasteiger partial charge on any atom is 0.268 e. The van der Waals surface area contributed by atoms with Crippen LogP contribution in [0, 0.1) is 25.2 Å². The summed E-state index contributed by atoms with van der Waals surface area (Å²) in [6.45, 7) is 3.79. The Balaban J connectivity index is 3.18. The van der Waals surface area contributed by atoms with Crippen molar-refractivity contribution in [2.24, 2.45) is 10.9 Å². The Kier molecular flexibility index (Phi) is 3.88. The molecule has 6 nitrogen and oxygen atoms in total. The smallest absolute Gasteiger partial charge is 0.268 e. The highest BCUT2D eigenvalue weighted by molar-refractivity contribution is 5.79. The number of oxime groups is 1. The fourth-order valence-electron chi connectivity index (χ4n) is 1.62. The fourth-order valence-corrected chi connectivity index (χ4v) is 1.62. The van der Waals surface area contributed by atoms with Crippen molar-refractivity contribution in [1.82, 2.24) is 4.57 Å². The number of pyridine rings is 1. The van der Waals surface area contributed by atoms with Gasteiger partial charge >= 0.3 is 0 Å². The maximum atomic E-state index is 11.9. The molecule has 0 atom stereocenters. The van der Waals surface area contributed by atoms with E-state index in [0.717, 1.165) is 5.69 Å². The molecule has 0 spiro atoms. The molecule has 0 amide bonds. The van der Waals surface area contributed by atoms with Gasteiger partial charge in [-0.15, -0.1) is 0 Å². The van der Waals surface area contributed by atoms with E-state index in [0.29, 0.717) is 5.56 Å². The van der Waals surface area contributed by atoms with Crippen LogP contribution in [0.2, 0.25) is 0 Å². The first kappa shape index (κ1) is 12.8. The van der Waals surface area contributed by atoms with Gasteiger partial charge in [0.05, 0.1) is 0 Å². The minimum absolute atomic E-state index is 0.0513. The summed E-state index contributed by atoms with van der Waals surface area (Å²) in [6.07, 6.45) is 0.255. The van der Waals surface area contributed by atoms with Gasteiger partial charge in [0.2, 0.25) is 0 Å². The average molecular weight is 234 g/mol. The van der Waals surface area contributed by atoms with Crippen molar-refractivity contribution >= 4 is 5.84 Å². The maximum absolute atomic E-state index is 11.9. The lowest BCUT2D eigenvalue weighted by Gasteiger charge is -2.11. The number of nitriles is 1. The SMILES string of the molecule is Cc1cc(C)n(CC/C(N)=N/O)c(=O)c1C#N. The van der Waals surface area contributed by atoms with Crippen LogP contribution in [-0.4, -0.2) is 15.6 Å². The molecule has 1 aromatic rings. The molecule has 1 heterocycles. The normalized spacial score (nSPS) is 11.2. The van der Waals surface area contributed by atoms with Gasteiger partial charge in [-0.1, -0.05) is 5.16 Å². The highest BCUT2D eigenvalue weighted by Gasteiger charge is 2.10. The molecule has 0 aliphatic carbocycles. The largest absolute Gasteiger partial charge is 0.409 e. The Hall–Kier alpha value is -2.29. The number of aromatic nitrogens is 1. The summed E-state index contributed by atoms with van der Waals surface area (Å²) in [5.41, 5.74) is 6.55. The average Bonchev–Trinajstić information content (AvgIpc) is 2.28. The van der Waals surface area contributed by atoms with E-state index in [4.69, 9.17) is 16.2 Å². The summed E-state index contributed by atoms with van der Waals surface area (Å²) in [4.78, 5) is 11.9.